The van der Waals surface area contributed by atoms with Crippen LogP contribution in [0.25, 0.3) is 22.0 Å². The summed E-state index contributed by atoms with van der Waals surface area (Å²) in [4.78, 5) is 12.1. The van der Waals surface area contributed by atoms with Gasteiger partial charge in [-0.1, -0.05) is 48.0 Å². The van der Waals surface area contributed by atoms with E-state index < -0.39 is 0 Å². The molecule has 0 bridgehead atoms. The van der Waals surface area contributed by atoms with Crippen molar-refractivity contribution in [2.45, 2.75) is 39.3 Å². The quantitative estimate of drug-likeness (QED) is 0.330. The van der Waals surface area contributed by atoms with Crippen molar-refractivity contribution in [2.24, 2.45) is 0 Å². The van der Waals surface area contributed by atoms with E-state index in [-0.39, 0.29) is 0 Å². The lowest BCUT2D eigenvalue weighted by Crippen LogP contribution is -2.39. The lowest BCUT2D eigenvalue weighted by Gasteiger charge is -2.32. The Labute approximate surface area is 212 Å². The molecule has 35 heavy (non-hydrogen) atoms. The number of aromatic nitrogens is 2. The van der Waals surface area contributed by atoms with E-state index in [2.05, 4.69) is 72.6 Å². The lowest BCUT2D eigenvalue weighted by molar-refractivity contribution is 0.211. The molecule has 4 aromatic rings. The lowest BCUT2D eigenvalue weighted by atomic mass is 9.99. The zero-order valence-electron chi connectivity index (χ0n) is 20.5. The number of aryl methyl sites for hydroxylation is 2. The fraction of sp³-hybridized carbons (Fsp3) is 0.310. The molecule has 1 N–H and O–H groups in total. The number of anilines is 1. The number of methoxy groups -OCH3 is 1. The van der Waals surface area contributed by atoms with E-state index >= 15 is 0 Å². The second-order valence-electron chi connectivity index (χ2n) is 9.34. The van der Waals surface area contributed by atoms with Gasteiger partial charge in [0.2, 0.25) is 5.95 Å². The minimum Gasteiger partial charge on any atom is -0.496 e. The topological polar surface area (TPSA) is 50.3 Å². The third-order valence-electron chi connectivity index (χ3n) is 6.85. The summed E-state index contributed by atoms with van der Waals surface area (Å²) in [5.41, 5.74) is 6.55. The molecule has 6 heteroatoms. The van der Waals surface area contributed by atoms with Crippen LogP contribution >= 0.6 is 11.6 Å². The number of hydrogen-bond donors (Lipinski definition) is 1. The van der Waals surface area contributed by atoms with E-state index in [1.54, 1.807) is 7.11 Å². The van der Waals surface area contributed by atoms with Gasteiger partial charge in [-0.25, -0.2) is 9.97 Å². The Morgan fingerprint density at radius 3 is 2.51 bits per heavy atom. The predicted octanol–water partition coefficient (Wildman–Crippen LogP) is 6.65. The smallest absolute Gasteiger partial charge is 0.223 e. The zero-order chi connectivity index (χ0) is 24.4. The first-order chi connectivity index (χ1) is 17.0. The molecule has 5 nitrogen and oxygen atoms in total. The number of benzene rings is 3. The van der Waals surface area contributed by atoms with Gasteiger partial charge in [0.25, 0.3) is 0 Å². The molecule has 0 aliphatic carbocycles. The SMILES string of the molecule is COc1c(C)cccc1-c1ccc2nc(NC3CCN(Cc4ccc(Cl)cc4)CC3)nc(C)c2c1. The van der Waals surface area contributed by atoms with E-state index in [0.29, 0.717) is 12.0 Å². The molecule has 1 saturated heterocycles. The molecule has 0 amide bonds. The minimum absolute atomic E-state index is 0.379. The van der Waals surface area contributed by atoms with Crippen LogP contribution in [0.5, 0.6) is 5.75 Å². The first kappa shape index (κ1) is 23.6. The molecule has 1 aliphatic rings. The van der Waals surface area contributed by atoms with Gasteiger partial charge in [-0.3, -0.25) is 4.90 Å². The highest BCUT2D eigenvalue weighted by Gasteiger charge is 2.20. The molecular weight excluding hydrogens is 456 g/mol. The molecule has 0 saturated carbocycles. The second kappa shape index (κ2) is 10.2. The highest BCUT2D eigenvalue weighted by molar-refractivity contribution is 6.30. The third-order valence-corrected chi connectivity index (χ3v) is 7.11. The van der Waals surface area contributed by atoms with Crippen molar-refractivity contribution >= 4 is 28.5 Å². The van der Waals surface area contributed by atoms with Crippen LogP contribution in [-0.4, -0.2) is 41.1 Å². The van der Waals surface area contributed by atoms with Crippen LogP contribution in [-0.2, 0) is 6.54 Å². The molecule has 1 aromatic heterocycles. The van der Waals surface area contributed by atoms with Gasteiger partial charge in [0.05, 0.1) is 18.3 Å². The van der Waals surface area contributed by atoms with E-state index in [9.17, 15) is 0 Å². The summed E-state index contributed by atoms with van der Waals surface area (Å²) in [7, 11) is 1.72. The highest BCUT2D eigenvalue weighted by Crippen LogP contribution is 2.34. The first-order valence-corrected chi connectivity index (χ1v) is 12.5. The maximum Gasteiger partial charge on any atom is 0.223 e. The number of nitrogens with one attached hydrogen (secondary N) is 1. The number of para-hydroxylation sites is 1. The Morgan fingerprint density at radius 2 is 1.77 bits per heavy atom. The van der Waals surface area contributed by atoms with E-state index in [1.165, 1.54) is 5.56 Å². The van der Waals surface area contributed by atoms with Crippen LogP contribution in [0.2, 0.25) is 5.02 Å². The molecule has 3 aromatic carbocycles. The standard InChI is InChI=1S/C29H31ClN4O/c1-19-5-4-6-25(28(19)35-3)22-9-12-27-26(17-22)20(2)31-29(33-27)32-24-13-15-34(16-14-24)18-21-7-10-23(30)11-8-21/h4-12,17,24H,13-16,18H2,1-3H3,(H,31,32,33). The van der Waals surface area contributed by atoms with Crippen molar-refractivity contribution in [3.63, 3.8) is 0 Å². The van der Waals surface area contributed by atoms with E-state index in [4.69, 9.17) is 26.3 Å². The molecule has 180 valence electrons. The maximum absolute atomic E-state index is 6.01. The summed E-state index contributed by atoms with van der Waals surface area (Å²) in [6, 6.07) is 21.1. The molecule has 5 rings (SSSR count). The van der Waals surface area contributed by atoms with Crippen LogP contribution in [0, 0.1) is 13.8 Å². The Hall–Kier alpha value is -3.15. The number of rotatable bonds is 6. The van der Waals surface area contributed by atoms with Gasteiger partial charge in [0.1, 0.15) is 5.75 Å². The molecule has 1 aliphatic heterocycles. The number of nitrogens with zero attached hydrogens (tertiary/aromatic N) is 3. The van der Waals surface area contributed by atoms with E-state index in [1.807, 2.05) is 12.1 Å². The van der Waals surface area contributed by atoms with Gasteiger partial charge >= 0.3 is 0 Å². The Bertz CT molecular complexity index is 1330. The van der Waals surface area contributed by atoms with Crippen LogP contribution in [0.3, 0.4) is 0 Å². The predicted molar refractivity (Wildman–Crippen MR) is 144 cm³/mol. The van der Waals surface area contributed by atoms with Gasteiger partial charge in [0.15, 0.2) is 0 Å². The summed E-state index contributed by atoms with van der Waals surface area (Å²) in [5.74, 6) is 1.62. The zero-order valence-corrected chi connectivity index (χ0v) is 21.3. The molecule has 0 spiro atoms. The fourth-order valence-corrected chi connectivity index (χ4v) is 5.06. The van der Waals surface area contributed by atoms with Gasteiger partial charge < -0.3 is 10.1 Å². The summed E-state index contributed by atoms with van der Waals surface area (Å²) < 4.78 is 5.67. The van der Waals surface area contributed by atoms with Gasteiger partial charge in [0, 0.05) is 41.6 Å². The van der Waals surface area contributed by atoms with Crippen LogP contribution < -0.4 is 10.1 Å². The molecule has 0 atom stereocenters. The first-order valence-electron chi connectivity index (χ1n) is 12.2. The summed E-state index contributed by atoms with van der Waals surface area (Å²) in [6.07, 6.45) is 2.14. The average Bonchev–Trinajstić information content (AvgIpc) is 2.86. The Balaban J connectivity index is 1.27. The highest BCUT2D eigenvalue weighted by atomic mass is 35.5. The van der Waals surface area contributed by atoms with E-state index in [0.717, 1.165) is 76.5 Å². The maximum atomic E-state index is 6.01. The largest absolute Gasteiger partial charge is 0.496 e. The molecule has 0 radical (unpaired) electrons. The Kier molecular flexibility index (Phi) is 6.89. The summed E-state index contributed by atoms with van der Waals surface area (Å²) in [6.45, 7) is 7.19. The normalized spacial score (nSPS) is 14.9. The number of likely N-dealkylation sites (tertiary alicyclic amines) is 1. The number of ether oxygens (including phenoxy) is 1. The molecule has 0 unspecified atom stereocenters. The number of fused-ring (bicyclic) bond motifs is 1. The van der Waals surface area contributed by atoms with Crippen LogP contribution in [0.15, 0.2) is 60.7 Å². The summed E-state index contributed by atoms with van der Waals surface area (Å²) in [5, 5.41) is 5.44. The van der Waals surface area contributed by atoms with Crippen molar-refractivity contribution < 1.29 is 4.74 Å². The van der Waals surface area contributed by atoms with Crippen molar-refractivity contribution in [1.29, 1.82) is 0 Å². The number of hydrogen-bond acceptors (Lipinski definition) is 5. The van der Waals surface area contributed by atoms with Crippen molar-refractivity contribution in [2.75, 3.05) is 25.5 Å². The van der Waals surface area contributed by atoms with Crippen LogP contribution in [0.1, 0.15) is 29.7 Å². The molecular formula is C29H31ClN4O. The van der Waals surface area contributed by atoms with Gasteiger partial charge in [-0.05, 0) is 67.6 Å². The minimum atomic E-state index is 0.379. The van der Waals surface area contributed by atoms with Crippen molar-refractivity contribution in [3.8, 4) is 16.9 Å². The summed E-state index contributed by atoms with van der Waals surface area (Å²) >= 11 is 6.01. The third kappa shape index (κ3) is 5.26. The fourth-order valence-electron chi connectivity index (χ4n) is 4.93. The van der Waals surface area contributed by atoms with Gasteiger partial charge in [-0.2, -0.15) is 0 Å². The van der Waals surface area contributed by atoms with Crippen molar-refractivity contribution in [1.82, 2.24) is 14.9 Å². The van der Waals surface area contributed by atoms with Crippen LogP contribution in [0.4, 0.5) is 5.95 Å². The number of piperidine rings is 1. The number of halogens is 1. The molecule has 2 heterocycles. The monoisotopic (exact) mass is 486 g/mol. The Morgan fingerprint density at radius 1 is 1.00 bits per heavy atom. The second-order valence-corrected chi connectivity index (χ2v) is 9.78. The molecule has 1 fully saturated rings. The average molecular weight is 487 g/mol. The van der Waals surface area contributed by atoms with Crippen molar-refractivity contribution in [3.05, 3.63) is 82.5 Å². The van der Waals surface area contributed by atoms with Gasteiger partial charge in [-0.15, -0.1) is 0 Å².